The molecule has 0 rings (SSSR count). The second kappa shape index (κ2) is 13.4. The Labute approximate surface area is 124 Å². The SMILES string of the molecule is CCC(CCCC(O)OC=O)OC(=O)CCCCOC=O. The zero-order valence-corrected chi connectivity index (χ0v) is 12.4. The molecule has 0 aromatic carbocycles. The molecule has 7 heteroatoms. The highest BCUT2D eigenvalue weighted by Gasteiger charge is 2.13. The van der Waals surface area contributed by atoms with Crippen molar-refractivity contribution in [2.45, 2.75) is 64.3 Å². The molecule has 0 aliphatic carbocycles. The van der Waals surface area contributed by atoms with Crippen molar-refractivity contribution in [1.82, 2.24) is 0 Å². The van der Waals surface area contributed by atoms with Gasteiger partial charge in [0, 0.05) is 12.8 Å². The summed E-state index contributed by atoms with van der Waals surface area (Å²) in [6.45, 7) is 2.81. The quantitative estimate of drug-likeness (QED) is 0.170. The molecule has 0 heterocycles. The molecule has 122 valence electrons. The van der Waals surface area contributed by atoms with Gasteiger partial charge in [-0.2, -0.15) is 0 Å². The van der Waals surface area contributed by atoms with Crippen LogP contribution in [0.15, 0.2) is 0 Å². The monoisotopic (exact) mass is 304 g/mol. The third kappa shape index (κ3) is 11.9. The van der Waals surface area contributed by atoms with Gasteiger partial charge in [-0.25, -0.2) is 0 Å². The molecule has 0 fully saturated rings. The fraction of sp³-hybridized carbons (Fsp3) is 0.786. The summed E-state index contributed by atoms with van der Waals surface area (Å²) in [6.07, 6.45) is 2.41. The fourth-order valence-corrected chi connectivity index (χ4v) is 1.75. The molecule has 0 aromatic heterocycles. The first-order chi connectivity index (χ1) is 10.1. The summed E-state index contributed by atoms with van der Waals surface area (Å²) in [5.41, 5.74) is 0. The predicted molar refractivity (Wildman–Crippen MR) is 73.0 cm³/mol. The number of carbonyl (C=O) groups is 3. The number of hydrogen-bond acceptors (Lipinski definition) is 7. The van der Waals surface area contributed by atoms with E-state index in [4.69, 9.17) is 4.74 Å². The van der Waals surface area contributed by atoms with Crippen molar-refractivity contribution in [2.24, 2.45) is 0 Å². The maximum absolute atomic E-state index is 11.6. The highest BCUT2D eigenvalue weighted by atomic mass is 16.6. The van der Waals surface area contributed by atoms with E-state index in [0.717, 1.165) is 0 Å². The van der Waals surface area contributed by atoms with Crippen LogP contribution in [0.1, 0.15) is 51.9 Å². The van der Waals surface area contributed by atoms with Crippen LogP contribution in [0.25, 0.3) is 0 Å². The van der Waals surface area contributed by atoms with E-state index in [-0.39, 0.29) is 25.0 Å². The number of rotatable bonds is 14. The van der Waals surface area contributed by atoms with Gasteiger partial charge in [-0.05, 0) is 32.1 Å². The Hall–Kier alpha value is -1.63. The summed E-state index contributed by atoms with van der Waals surface area (Å²) in [5, 5.41) is 9.21. The second-order valence-electron chi connectivity index (χ2n) is 4.56. The molecule has 2 unspecified atom stereocenters. The van der Waals surface area contributed by atoms with E-state index in [1.165, 1.54) is 0 Å². The zero-order valence-electron chi connectivity index (χ0n) is 12.4. The highest BCUT2D eigenvalue weighted by molar-refractivity contribution is 5.69. The predicted octanol–water partition coefficient (Wildman–Crippen LogP) is 1.31. The molecule has 7 nitrogen and oxygen atoms in total. The molecule has 0 saturated carbocycles. The minimum absolute atomic E-state index is 0.202. The fourth-order valence-electron chi connectivity index (χ4n) is 1.75. The van der Waals surface area contributed by atoms with Gasteiger partial charge in [0.2, 0.25) is 0 Å². The van der Waals surface area contributed by atoms with Gasteiger partial charge >= 0.3 is 5.97 Å². The lowest BCUT2D eigenvalue weighted by atomic mass is 10.1. The number of ether oxygens (including phenoxy) is 3. The van der Waals surface area contributed by atoms with Gasteiger partial charge in [-0.3, -0.25) is 14.4 Å². The number of esters is 1. The molecule has 0 amide bonds. The van der Waals surface area contributed by atoms with Crippen molar-refractivity contribution < 1.29 is 33.7 Å². The molecule has 0 saturated heterocycles. The van der Waals surface area contributed by atoms with Crippen LogP contribution in [0.3, 0.4) is 0 Å². The van der Waals surface area contributed by atoms with Gasteiger partial charge in [0.25, 0.3) is 12.9 Å². The minimum atomic E-state index is -1.10. The Morgan fingerprint density at radius 2 is 1.90 bits per heavy atom. The van der Waals surface area contributed by atoms with Crippen molar-refractivity contribution in [3.05, 3.63) is 0 Å². The first-order valence-corrected chi connectivity index (χ1v) is 7.15. The Morgan fingerprint density at radius 3 is 2.52 bits per heavy atom. The molecule has 0 aliphatic rings. The third-order valence-corrected chi connectivity index (χ3v) is 2.90. The van der Waals surface area contributed by atoms with Gasteiger partial charge in [0.1, 0.15) is 6.10 Å². The molecular weight excluding hydrogens is 280 g/mol. The van der Waals surface area contributed by atoms with E-state index >= 15 is 0 Å². The van der Waals surface area contributed by atoms with E-state index in [0.29, 0.717) is 51.6 Å². The summed E-state index contributed by atoms with van der Waals surface area (Å²) in [6, 6.07) is 0. The lowest BCUT2D eigenvalue weighted by Gasteiger charge is -2.17. The van der Waals surface area contributed by atoms with Crippen LogP contribution in [0, 0.1) is 0 Å². The summed E-state index contributed by atoms with van der Waals surface area (Å²) in [5.74, 6) is -0.280. The topological polar surface area (TPSA) is 99.1 Å². The van der Waals surface area contributed by atoms with Crippen LogP contribution in [-0.2, 0) is 28.6 Å². The zero-order chi connectivity index (χ0) is 15.9. The smallest absolute Gasteiger partial charge is 0.306 e. The van der Waals surface area contributed by atoms with Gasteiger partial charge in [-0.1, -0.05) is 6.92 Å². The lowest BCUT2D eigenvalue weighted by molar-refractivity contribution is -0.153. The molecule has 0 aromatic rings. The first-order valence-electron chi connectivity index (χ1n) is 7.15. The van der Waals surface area contributed by atoms with Gasteiger partial charge in [0.05, 0.1) is 6.61 Å². The summed E-state index contributed by atoms with van der Waals surface area (Å²) < 4.78 is 14.2. The largest absolute Gasteiger partial charge is 0.468 e. The number of hydrogen-bond donors (Lipinski definition) is 1. The standard InChI is InChI=1S/C14H24O7/c1-2-12(6-5-8-13(17)20-11-16)21-14(18)7-3-4-9-19-10-15/h10-13,17H,2-9H2,1H3. The van der Waals surface area contributed by atoms with Crippen LogP contribution in [0.4, 0.5) is 0 Å². The van der Waals surface area contributed by atoms with Crippen LogP contribution in [0.5, 0.6) is 0 Å². The van der Waals surface area contributed by atoms with Crippen LogP contribution >= 0.6 is 0 Å². The van der Waals surface area contributed by atoms with Gasteiger partial charge < -0.3 is 19.3 Å². The molecular formula is C14H24O7. The Balaban J connectivity index is 3.73. The summed E-state index contributed by atoms with van der Waals surface area (Å²) >= 11 is 0. The molecule has 0 bridgehead atoms. The van der Waals surface area contributed by atoms with Crippen molar-refractivity contribution >= 4 is 18.9 Å². The first kappa shape index (κ1) is 19.4. The molecule has 0 radical (unpaired) electrons. The average Bonchev–Trinajstić information content (AvgIpc) is 2.46. The second-order valence-corrected chi connectivity index (χ2v) is 4.56. The van der Waals surface area contributed by atoms with E-state index in [9.17, 15) is 19.5 Å². The normalized spacial score (nSPS) is 13.0. The van der Waals surface area contributed by atoms with Crippen molar-refractivity contribution in [1.29, 1.82) is 0 Å². The Kier molecular flexibility index (Phi) is 12.3. The average molecular weight is 304 g/mol. The maximum atomic E-state index is 11.6. The molecule has 0 spiro atoms. The number of aliphatic hydroxyl groups is 1. The lowest BCUT2D eigenvalue weighted by Crippen LogP contribution is -2.18. The summed E-state index contributed by atoms with van der Waals surface area (Å²) in [7, 11) is 0. The number of aliphatic hydroxyl groups excluding tert-OH is 1. The molecule has 21 heavy (non-hydrogen) atoms. The highest BCUT2D eigenvalue weighted by Crippen LogP contribution is 2.12. The number of carbonyl (C=O) groups excluding carboxylic acids is 3. The van der Waals surface area contributed by atoms with E-state index in [1.54, 1.807) is 0 Å². The molecule has 1 N–H and O–H groups in total. The van der Waals surface area contributed by atoms with Crippen LogP contribution in [-0.4, -0.2) is 43.0 Å². The van der Waals surface area contributed by atoms with Gasteiger partial charge in [0.15, 0.2) is 6.29 Å². The molecule has 0 aliphatic heterocycles. The van der Waals surface area contributed by atoms with Crippen molar-refractivity contribution in [2.75, 3.05) is 6.61 Å². The van der Waals surface area contributed by atoms with Crippen LogP contribution in [0.2, 0.25) is 0 Å². The summed E-state index contributed by atoms with van der Waals surface area (Å²) in [4.78, 5) is 31.5. The molecule has 2 atom stereocenters. The van der Waals surface area contributed by atoms with E-state index < -0.39 is 6.29 Å². The van der Waals surface area contributed by atoms with Gasteiger partial charge in [-0.15, -0.1) is 0 Å². The Bertz CT molecular complexity index is 293. The number of unbranched alkanes of at least 4 members (excludes halogenated alkanes) is 1. The van der Waals surface area contributed by atoms with E-state index in [1.807, 2.05) is 6.92 Å². The van der Waals surface area contributed by atoms with Crippen LogP contribution < -0.4 is 0 Å². The van der Waals surface area contributed by atoms with Crippen molar-refractivity contribution in [3.8, 4) is 0 Å². The Morgan fingerprint density at radius 1 is 1.14 bits per heavy atom. The van der Waals surface area contributed by atoms with Crippen molar-refractivity contribution in [3.63, 3.8) is 0 Å². The van der Waals surface area contributed by atoms with E-state index in [2.05, 4.69) is 9.47 Å². The maximum Gasteiger partial charge on any atom is 0.306 e. The minimum Gasteiger partial charge on any atom is -0.468 e. The third-order valence-electron chi connectivity index (χ3n) is 2.90.